The topological polar surface area (TPSA) is 26.3 Å². The summed E-state index contributed by atoms with van der Waals surface area (Å²) in [5, 5.41) is 0. The highest BCUT2D eigenvalue weighted by atomic mass is 16.5. The van der Waals surface area contributed by atoms with Crippen LogP contribution in [0.5, 0.6) is 0 Å². The van der Waals surface area contributed by atoms with E-state index < -0.39 is 0 Å². The highest BCUT2D eigenvalue weighted by Gasteiger charge is 2.40. The number of allylic oxidation sites excluding steroid dienone is 2. The Bertz CT molecular complexity index is 255. The molecule has 0 aromatic rings. The Balaban J connectivity index is 2.21. The lowest BCUT2D eigenvalue weighted by Gasteiger charge is -2.25. The number of ether oxygens (including phenoxy) is 1. The maximum Gasteiger partial charge on any atom is 0.162 e. The summed E-state index contributed by atoms with van der Waals surface area (Å²) >= 11 is 0. The van der Waals surface area contributed by atoms with E-state index in [0.29, 0.717) is 17.8 Å². The number of ketones is 1. The Morgan fingerprint density at radius 2 is 2.23 bits per heavy atom. The van der Waals surface area contributed by atoms with Gasteiger partial charge in [0.05, 0.1) is 12.9 Å². The average Bonchev–Trinajstić information content (AvgIpc) is 2.48. The van der Waals surface area contributed by atoms with Gasteiger partial charge in [0.2, 0.25) is 0 Å². The molecule has 0 bridgehead atoms. The molecule has 13 heavy (non-hydrogen) atoms. The monoisotopic (exact) mass is 180 g/mol. The van der Waals surface area contributed by atoms with Gasteiger partial charge in [0.1, 0.15) is 0 Å². The first-order valence-corrected chi connectivity index (χ1v) is 5.00. The number of carbonyl (C=O) groups excluding carboxylic acids is 1. The van der Waals surface area contributed by atoms with Gasteiger partial charge in [0.15, 0.2) is 5.78 Å². The second-order valence-electron chi connectivity index (χ2n) is 4.26. The van der Waals surface area contributed by atoms with E-state index in [4.69, 9.17) is 4.74 Å². The first-order chi connectivity index (χ1) is 6.22. The van der Waals surface area contributed by atoms with Gasteiger partial charge in [-0.2, -0.15) is 0 Å². The van der Waals surface area contributed by atoms with E-state index in [0.717, 1.165) is 12.2 Å². The highest BCUT2D eigenvalue weighted by Crippen LogP contribution is 2.43. The molecular weight excluding hydrogens is 164 g/mol. The van der Waals surface area contributed by atoms with Crippen LogP contribution in [-0.2, 0) is 9.53 Å². The molecule has 0 aromatic carbocycles. The SMILES string of the molecule is COC1=CC(=O)C2C(C)CCC2C1. The van der Waals surface area contributed by atoms with Gasteiger partial charge in [-0.05, 0) is 24.7 Å². The quantitative estimate of drug-likeness (QED) is 0.618. The molecule has 3 atom stereocenters. The number of rotatable bonds is 1. The van der Waals surface area contributed by atoms with Gasteiger partial charge in [-0.15, -0.1) is 0 Å². The largest absolute Gasteiger partial charge is 0.501 e. The Labute approximate surface area is 79.0 Å². The Morgan fingerprint density at radius 3 is 2.92 bits per heavy atom. The van der Waals surface area contributed by atoms with Gasteiger partial charge >= 0.3 is 0 Å². The third-order valence-corrected chi connectivity index (χ3v) is 3.47. The predicted molar refractivity (Wildman–Crippen MR) is 50.1 cm³/mol. The Kier molecular flexibility index (Phi) is 2.14. The van der Waals surface area contributed by atoms with Crippen molar-refractivity contribution < 1.29 is 9.53 Å². The molecule has 0 radical (unpaired) electrons. The molecule has 0 N–H and O–H groups in total. The molecule has 0 aromatic heterocycles. The molecule has 0 spiro atoms. The van der Waals surface area contributed by atoms with Gasteiger partial charge in [-0.1, -0.05) is 6.92 Å². The van der Waals surface area contributed by atoms with Gasteiger partial charge in [-0.3, -0.25) is 4.79 Å². The molecule has 0 aliphatic heterocycles. The van der Waals surface area contributed by atoms with E-state index >= 15 is 0 Å². The predicted octanol–water partition coefficient (Wildman–Crippen LogP) is 2.15. The molecule has 3 unspecified atom stereocenters. The lowest BCUT2D eigenvalue weighted by molar-refractivity contribution is -0.121. The fourth-order valence-corrected chi connectivity index (χ4v) is 2.76. The molecule has 1 fully saturated rings. The summed E-state index contributed by atoms with van der Waals surface area (Å²) < 4.78 is 5.15. The molecule has 2 aliphatic rings. The standard InChI is InChI=1S/C11H16O2/c1-7-3-4-8-5-9(13-2)6-10(12)11(7)8/h6-8,11H,3-5H2,1-2H3. The van der Waals surface area contributed by atoms with Crippen molar-refractivity contribution in [3.63, 3.8) is 0 Å². The third kappa shape index (κ3) is 1.38. The molecule has 2 rings (SSSR count). The van der Waals surface area contributed by atoms with E-state index in [1.807, 2.05) is 0 Å². The van der Waals surface area contributed by atoms with E-state index in [-0.39, 0.29) is 5.78 Å². The average molecular weight is 180 g/mol. The van der Waals surface area contributed by atoms with Crippen molar-refractivity contribution in [1.82, 2.24) is 0 Å². The van der Waals surface area contributed by atoms with Crippen LogP contribution in [-0.4, -0.2) is 12.9 Å². The van der Waals surface area contributed by atoms with Crippen LogP contribution in [0.15, 0.2) is 11.8 Å². The van der Waals surface area contributed by atoms with Crippen molar-refractivity contribution in [2.24, 2.45) is 17.8 Å². The summed E-state index contributed by atoms with van der Waals surface area (Å²) in [6, 6.07) is 0. The van der Waals surface area contributed by atoms with E-state index in [9.17, 15) is 4.79 Å². The van der Waals surface area contributed by atoms with Crippen LogP contribution in [0.3, 0.4) is 0 Å². The molecule has 2 nitrogen and oxygen atoms in total. The number of carbonyl (C=O) groups is 1. The zero-order valence-electron chi connectivity index (χ0n) is 8.25. The summed E-state index contributed by atoms with van der Waals surface area (Å²) in [5.74, 6) is 2.59. The second-order valence-corrected chi connectivity index (χ2v) is 4.26. The first-order valence-electron chi connectivity index (χ1n) is 5.00. The molecule has 2 heteroatoms. The Hall–Kier alpha value is -0.790. The molecule has 2 aliphatic carbocycles. The van der Waals surface area contributed by atoms with Crippen molar-refractivity contribution in [2.75, 3.05) is 7.11 Å². The fraction of sp³-hybridized carbons (Fsp3) is 0.727. The maximum atomic E-state index is 11.7. The van der Waals surface area contributed by atoms with Crippen LogP contribution in [0.1, 0.15) is 26.2 Å². The van der Waals surface area contributed by atoms with Crippen molar-refractivity contribution in [3.05, 3.63) is 11.8 Å². The van der Waals surface area contributed by atoms with Crippen molar-refractivity contribution >= 4 is 5.78 Å². The van der Waals surface area contributed by atoms with Crippen LogP contribution in [0, 0.1) is 17.8 Å². The highest BCUT2D eigenvalue weighted by molar-refractivity contribution is 5.93. The second kappa shape index (κ2) is 3.17. The van der Waals surface area contributed by atoms with E-state index in [2.05, 4.69) is 6.92 Å². The van der Waals surface area contributed by atoms with Crippen molar-refractivity contribution in [2.45, 2.75) is 26.2 Å². The van der Waals surface area contributed by atoms with Gasteiger partial charge in [0, 0.05) is 18.4 Å². The summed E-state index contributed by atoms with van der Waals surface area (Å²) in [6.07, 6.45) is 5.06. The van der Waals surface area contributed by atoms with E-state index in [1.54, 1.807) is 13.2 Å². The molecule has 0 heterocycles. The van der Waals surface area contributed by atoms with Crippen LogP contribution >= 0.6 is 0 Å². The third-order valence-electron chi connectivity index (χ3n) is 3.47. The maximum absolute atomic E-state index is 11.7. The Morgan fingerprint density at radius 1 is 1.46 bits per heavy atom. The zero-order chi connectivity index (χ0) is 9.42. The van der Waals surface area contributed by atoms with Gasteiger partial charge < -0.3 is 4.74 Å². The molecule has 0 amide bonds. The number of hydrogen-bond donors (Lipinski definition) is 0. The van der Waals surface area contributed by atoms with Crippen molar-refractivity contribution in [3.8, 4) is 0 Å². The summed E-state index contributed by atoms with van der Waals surface area (Å²) in [5.41, 5.74) is 0. The van der Waals surface area contributed by atoms with Crippen LogP contribution < -0.4 is 0 Å². The van der Waals surface area contributed by atoms with Gasteiger partial charge in [0.25, 0.3) is 0 Å². The summed E-state index contributed by atoms with van der Waals surface area (Å²) in [7, 11) is 1.65. The minimum Gasteiger partial charge on any atom is -0.501 e. The zero-order valence-corrected chi connectivity index (χ0v) is 8.25. The lowest BCUT2D eigenvalue weighted by Crippen LogP contribution is -2.26. The normalized spacial score (nSPS) is 38.5. The minimum absolute atomic E-state index is 0.290. The minimum atomic E-state index is 0.290. The van der Waals surface area contributed by atoms with E-state index in [1.165, 1.54) is 12.8 Å². The number of methoxy groups -OCH3 is 1. The van der Waals surface area contributed by atoms with Crippen LogP contribution in [0.2, 0.25) is 0 Å². The van der Waals surface area contributed by atoms with Crippen LogP contribution in [0.25, 0.3) is 0 Å². The molecule has 72 valence electrons. The lowest BCUT2D eigenvalue weighted by atomic mass is 9.80. The number of fused-ring (bicyclic) bond motifs is 1. The van der Waals surface area contributed by atoms with Crippen molar-refractivity contribution in [1.29, 1.82) is 0 Å². The first kappa shape index (κ1) is 8.79. The summed E-state index contributed by atoms with van der Waals surface area (Å²) in [6.45, 7) is 2.19. The van der Waals surface area contributed by atoms with Crippen LogP contribution in [0.4, 0.5) is 0 Å². The molecule has 1 saturated carbocycles. The smallest absolute Gasteiger partial charge is 0.162 e. The molecule has 0 saturated heterocycles. The number of hydrogen-bond acceptors (Lipinski definition) is 2. The van der Waals surface area contributed by atoms with Gasteiger partial charge in [-0.25, -0.2) is 0 Å². The fourth-order valence-electron chi connectivity index (χ4n) is 2.76. The molecular formula is C11H16O2. The summed E-state index contributed by atoms with van der Waals surface area (Å²) in [4.78, 5) is 11.7.